The molecule has 0 saturated heterocycles. The van der Waals surface area contributed by atoms with Crippen LogP contribution in [0.25, 0.3) is 0 Å². The summed E-state index contributed by atoms with van der Waals surface area (Å²) in [5, 5.41) is 0. The highest BCUT2D eigenvalue weighted by Crippen LogP contribution is 2.56. The summed E-state index contributed by atoms with van der Waals surface area (Å²) in [5.41, 5.74) is 3.30. The first-order chi connectivity index (χ1) is 17.8. The fourth-order valence-electron chi connectivity index (χ4n) is 6.80. The van der Waals surface area contributed by atoms with Gasteiger partial charge in [-0.25, -0.2) is 0 Å². The molecule has 6 heteroatoms. The molecular weight excluding hydrogens is 475 g/mol. The van der Waals surface area contributed by atoms with Crippen molar-refractivity contribution >= 4 is 11.6 Å². The zero-order chi connectivity index (χ0) is 26.4. The second-order valence-electron chi connectivity index (χ2n) is 11.3. The summed E-state index contributed by atoms with van der Waals surface area (Å²) in [4.78, 5) is 32.7. The number of Topliss-reactive ketones (excluding diaryl/α,β-unsaturated/α-hetero) is 1. The summed E-state index contributed by atoms with van der Waals surface area (Å²) in [5.74, 6) is 0.133. The standard InChI is InChI=1S/C29H30F3NO2.C2H6/c30-29(31,32)20-11-9-19(10-12-20)27(35)25-23(17-5-1-2-6-17)24-21(15-28(13-14-28)16-22(24)34)33-26(25)18-7-3-4-8-18;1-2/h9-12,17-18H,1-8,13-16H2;1-2H3. The first-order valence-corrected chi connectivity index (χ1v) is 14.1. The number of ketones is 2. The number of benzene rings is 1. The number of halogens is 3. The van der Waals surface area contributed by atoms with Crippen LogP contribution in [0.4, 0.5) is 13.2 Å². The van der Waals surface area contributed by atoms with Crippen LogP contribution in [-0.2, 0) is 12.6 Å². The van der Waals surface area contributed by atoms with Gasteiger partial charge in [-0.1, -0.05) is 51.7 Å². The van der Waals surface area contributed by atoms with Crippen LogP contribution in [-0.4, -0.2) is 16.6 Å². The molecule has 1 aromatic carbocycles. The van der Waals surface area contributed by atoms with Crippen LogP contribution in [0.1, 0.15) is 145 Å². The molecule has 0 bridgehead atoms. The Balaban J connectivity index is 0.00000137. The first kappa shape index (κ1) is 26.1. The van der Waals surface area contributed by atoms with Gasteiger partial charge in [0.15, 0.2) is 11.6 Å². The fourth-order valence-corrected chi connectivity index (χ4v) is 6.80. The lowest BCUT2D eigenvalue weighted by Crippen LogP contribution is -2.28. The van der Waals surface area contributed by atoms with E-state index in [0.717, 1.165) is 99.7 Å². The molecular formula is C31H36F3NO2. The molecule has 37 heavy (non-hydrogen) atoms. The topological polar surface area (TPSA) is 47.0 Å². The number of carbonyl (C=O) groups is 2. The van der Waals surface area contributed by atoms with Crippen LogP contribution in [0.2, 0.25) is 0 Å². The molecule has 0 atom stereocenters. The van der Waals surface area contributed by atoms with E-state index in [1.54, 1.807) is 0 Å². The van der Waals surface area contributed by atoms with Crippen LogP contribution in [0.3, 0.4) is 0 Å². The molecule has 0 aliphatic heterocycles. The maximum Gasteiger partial charge on any atom is 0.416 e. The van der Waals surface area contributed by atoms with Gasteiger partial charge in [0.2, 0.25) is 0 Å². The highest BCUT2D eigenvalue weighted by molar-refractivity contribution is 6.13. The Bertz CT molecular complexity index is 1180. The molecule has 0 radical (unpaired) electrons. The van der Waals surface area contributed by atoms with Crippen molar-refractivity contribution in [3.8, 4) is 0 Å². The molecule has 3 fully saturated rings. The van der Waals surface area contributed by atoms with Gasteiger partial charge in [-0.3, -0.25) is 14.6 Å². The molecule has 0 amide bonds. The van der Waals surface area contributed by atoms with Crippen molar-refractivity contribution < 1.29 is 22.8 Å². The van der Waals surface area contributed by atoms with E-state index in [1.807, 2.05) is 13.8 Å². The maximum atomic E-state index is 14.1. The molecule has 3 saturated carbocycles. The number of alkyl halides is 3. The van der Waals surface area contributed by atoms with Crippen molar-refractivity contribution in [3.05, 3.63) is 63.5 Å². The van der Waals surface area contributed by atoms with E-state index < -0.39 is 11.7 Å². The van der Waals surface area contributed by atoms with Crippen molar-refractivity contribution in [2.24, 2.45) is 5.41 Å². The zero-order valence-corrected chi connectivity index (χ0v) is 21.8. The molecule has 3 nitrogen and oxygen atoms in total. The van der Waals surface area contributed by atoms with Gasteiger partial charge < -0.3 is 0 Å². The third-order valence-electron chi connectivity index (χ3n) is 8.86. The molecule has 1 spiro atoms. The van der Waals surface area contributed by atoms with Crippen molar-refractivity contribution in [1.29, 1.82) is 0 Å². The number of carbonyl (C=O) groups excluding carboxylic acids is 2. The number of fused-ring (bicyclic) bond motifs is 1. The van der Waals surface area contributed by atoms with Gasteiger partial charge in [-0.2, -0.15) is 13.2 Å². The second kappa shape index (κ2) is 9.99. The van der Waals surface area contributed by atoms with Crippen molar-refractivity contribution in [3.63, 3.8) is 0 Å². The normalized spacial score (nSPS) is 21.1. The lowest BCUT2D eigenvalue weighted by Gasteiger charge is -2.30. The highest BCUT2D eigenvalue weighted by Gasteiger charge is 2.50. The zero-order valence-electron chi connectivity index (χ0n) is 21.8. The molecule has 0 unspecified atom stereocenters. The first-order valence-electron chi connectivity index (χ1n) is 14.1. The Morgan fingerprint density at radius 1 is 0.892 bits per heavy atom. The molecule has 4 aliphatic rings. The van der Waals surface area contributed by atoms with Gasteiger partial charge in [0.25, 0.3) is 0 Å². The van der Waals surface area contributed by atoms with E-state index in [0.29, 0.717) is 17.5 Å². The number of rotatable bonds is 4. The minimum absolute atomic E-state index is 0.0654. The summed E-state index contributed by atoms with van der Waals surface area (Å²) >= 11 is 0. The van der Waals surface area contributed by atoms with Gasteiger partial charge in [-0.15, -0.1) is 0 Å². The van der Waals surface area contributed by atoms with Crippen LogP contribution < -0.4 is 0 Å². The van der Waals surface area contributed by atoms with E-state index in [4.69, 9.17) is 4.98 Å². The van der Waals surface area contributed by atoms with E-state index in [2.05, 4.69) is 0 Å². The number of hydrogen-bond donors (Lipinski definition) is 0. The van der Waals surface area contributed by atoms with E-state index >= 15 is 0 Å². The van der Waals surface area contributed by atoms with Crippen LogP contribution in [0.5, 0.6) is 0 Å². The van der Waals surface area contributed by atoms with Gasteiger partial charge in [0.05, 0.1) is 17.0 Å². The lowest BCUT2D eigenvalue weighted by atomic mass is 9.75. The summed E-state index contributed by atoms with van der Waals surface area (Å²) in [7, 11) is 0. The smallest absolute Gasteiger partial charge is 0.294 e. The number of nitrogens with zero attached hydrogens (tertiary/aromatic N) is 1. The van der Waals surface area contributed by atoms with Gasteiger partial charge >= 0.3 is 6.18 Å². The Morgan fingerprint density at radius 2 is 1.46 bits per heavy atom. The summed E-state index contributed by atoms with van der Waals surface area (Å²) in [6.45, 7) is 4.00. The number of pyridine rings is 1. The third kappa shape index (κ3) is 4.88. The monoisotopic (exact) mass is 511 g/mol. The minimum atomic E-state index is -4.45. The Hall–Kier alpha value is -2.50. The van der Waals surface area contributed by atoms with Crippen LogP contribution in [0.15, 0.2) is 24.3 Å². The van der Waals surface area contributed by atoms with Crippen LogP contribution in [0, 0.1) is 5.41 Å². The summed E-state index contributed by atoms with van der Waals surface area (Å²) in [6, 6.07) is 4.52. The molecule has 4 aliphatic carbocycles. The molecule has 1 heterocycles. The fraction of sp³-hybridized carbons (Fsp3) is 0.581. The summed E-state index contributed by atoms with van der Waals surface area (Å²) < 4.78 is 39.4. The van der Waals surface area contributed by atoms with E-state index in [9.17, 15) is 22.8 Å². The maximum absolute atomic E-state index is 14.1. The predicted octanol–water partition coefficient (Wildman–Crippen LogP) is 8.58. The largest absolute Gasteiger partial charge is 0.416 e. The van der Waals surface area contributed by atoms with Crippen molar-refractivity contribution in [2.45, 2.75) is 109 Å². The second-order valence-corrected chi connectivity index (χ2v) is 11.3. The molecule has 198 valence electrons. The number of hydrogen-bond acceptors (Lipinski definition) is 3. The lowest BCUT2D eigenvalue weighted by molar-refractivity contribution is -0.137. The van der Waals surface area contributed by atoms with Gasteiger partial charge in [0.1, 0.15) is 0 Å². The van der Waals surface area contributed by atoms with Gasteiger partial charge in [0, 0.05) is 29.0 Å². The Labute approximate surface area is 217 Å². The van der Waals surface area contributed by atoms with Gasteiger partial charge in [-0.05, 0) is 74.0 Å². The highest BCUT2D eigenvalue weighted by atomic mass is 19.4. The van der Waals surface area contributed by atoms with E-state index in [-0.39, 0.29) is 34.4 Å². The quantitative estimate of drug-likeness (QED) is 0.386. The molecule has 0 N–H and O–H groups in total. The molecule has 6 rings (SSSR count). The average molecular weight is 512 g/mol. The van der Waals surface area contributed by atoms with E-state index in [1.165, 1.54) is 12.1 Å². The minimum Gasteiger partial charge on any atom is -0.294 e. The average Bonchev–Trinajstić information content (AvgIpc) is 3.29. The SMILES string of the molecule is CC.O=C1CC2(CC2)Cc2nc(C3CCCC3)c(C(=O)c3ccc(C(F)(F)F)cc3)c(C3CCCC3)c21. The summed E-state index contributed by atoms with van der Waals surface area (Å²) in [6.07, 6.45) is 7.08. The van der Waals surface area contributed by atoms with Crippen molar-refractivity contribution in [2.75, 3.05) is 0 Å². The predicted molar refractivity (Wildman–Crippen MR) is 137 cm³/mol. The molecule has 1 aromatic heterocycles. The Kier molecular flexibility index (Phi) is 7.06. The number of aromatic nitrogens is 1. The van der Waals surface area contributed by atoms with Crippen molar-refractivity contribution in [1.82, 2.24) is 4.98 Å². The van der Waals surface area contributed by atoms with Crippen LogP contribution >= 0.6 is 0 Å². The molecule has 2 aromatic rings. The Morgan fingerprint density at radius 3 is 2.00 bits per heavy atom. The third-order valence-corrected chi connectivity index (χ3v) is 8.86.